The zero-order chi connectivity index (χ0) is 16.9. The molecule has 1 aromatic carbocycles. The Labute approximate surface area is 151 Å². The summed E-state index contributed by atoms with van der Waals surface area (Å²) in [6.45, 7) is 3.75. The largest absolute Gasteiger partial charge is 0.354 e. The molecule has 5 heteroatoms. The first-order valence-electron chi connectivity index (χ1n) is 8.41. The lowest BCUT2D eigenvalue weighted by molar-refractivity contribution is 0.0761. The number of hydrogen-bond acceptors (Lipinski definition) is 3. The van der Waals surface area contributed by atoms with Crippen LogP contribution in [0.3, 0.4) is 0 Å². The van der Waals surface area contributed by atoms with Crippen LogP contribution in [-0.4, -0.2) is 28.9 Å². The molecule has 2 aromatic rings. The minimum absolute atomic E-state index is 0.0834. The van der Waals surface area contributed by atoms with Crippen molar-refractivity contribution in [3.8, 4) is 0 Å². The molecule has 1 aromatic heterocycles. The smallest absolute Gasteiger partial charge is 0.255 e. The maximum absolute atomic E-state index is 12.7. The number of aromatic nitrogens is 1. The van der Waals surface area contributed by atoms with E-state index in [2.05, 4.69) is 32.3 Å². The number of likely N-dealkylation sites (tertiary alicyclic amines) is 1. The number of anilines is 2. The molecule has 1 amide bonds. The Morgan fingerprint density at radius 1 is 1.08 bits per heavy atom. The van der Waals surface area contributed by atoms with Crippen molar-refractivity contribution in [1.29, 1.82) is 0 Å². The molecule has 1 aliphatic rings. The SMILES string of the molecule is Cc1cc(Nc2cncc(C(=O)N3CCCCCC3)c2)ccc1Br. The average Bonchev–Trinajstić information content (AvgIpc) is 2.87. The van der Waals surface area contributed by atoms with Gasteiger partial charge in [0.15, 0.2) is 0 Å². The number of benzene rings is 1. The van der Waals surface area contributed by atoms with Crippen molar-refractivity contribution in [2.45, 2.75) is 32.6 Å². The fraction of sp³-hybridized carbons (Fsp3) is 0.368. The van der Waals surface area contributed by atoms with Crippen LogP contribution in [0.15, 0.2) is 41.1 Å². The molecule has 0 atom stereocenters. The molecule has 0 saturated carbocycles. The van der Waals surface area contributed by atoms with Crippen molar-refractivity contribution < 1.29 is 4.79 Å². The minimum atomic E-state index is 0.0834. The van der Waals surface area contributed by atoms with E-state index >= 15 is 0 Å². The summed E-state index contributed by atoms with van der Waals surface area (Å²) in [6, 6.07) is 7.96. The molecule has 1 saturated heterocycles. The van der Waals surface area contributed by atoms with Crippen LogP contribution in [0.1, 0.15) is 41.6 Å². The summed E-state index contributed by atoms with van der Waals surface area (Å²) in [5.74, 6) is 0.0834. The van der Waals surface area contributed by atoms with E-state index in [0.717, 1.165) is 47.3 Å². The third-order valence-corrected chi connectivity index (χ3v) is 5.21. The number of nitrogens with zero attached hydrogens (tertiary/aromatic N) is 2. The van der Waals surface area contributed by atoms with E-state index < -0.39 is 0 Å². The van der Waals surface area contributed by atoms with Crippen LogP contribution in [0.25, 0.3) is 0 Å². The van der Waals surface area contributed by atoms with E-state index in [1.807, 2.05) is 30.0 Å². The zero-order valence-corrected chi connectivity index (χ0v) is 15.5. The van der Waals surface area contributed by atoms with Gasteiger partial charge in [0.2, 0.25) is 0 Å². The highest BCUT2D eigenvalue weighted by atomic mass is 79.9. The number of nitrogens with one attached hydrogen (secondary N) is 1. The van der Waals surface area contributed by atoms with Crippen LogP contribution in [0.5, 0.6) is 0 Å². The second kappa shape index (κ2) is 7.79. The first-order chi connectivity index (χ1) is 11.6. The van der Waals surface area contributed by atoms with E-state index in [0.29, 0.717) is 5.56 Å². The molecule has 126 valence electrons. The van der Waals surface area contributed by atoms with Crippen LogP contribution in [0.2, 0.25) is 0 Å². The molecule has 1 N–H and O–H groups in total. The number of rotatable bonds is 3. The van der Waals surface area contributed by atoms with Gasteiger partial charge in [0, 0.05) is 29.4 Å². The summed E-state index contributed by atoms with van der Waals surface area (Å²) in [4.78, 5) is 18.9. The van der Waals surface area contributed by atoms with Crippen molar-refractivity contribution in [3.63, 3.8) is 0 Å². The van der Waals surface area contributed by atoms with Gasteiger partial charge in [0.05, 0.1) is 17.4 Å². The predicted molar refractivity (Wildman–Crippen MR) is 101 cm³/mol. The van der Waals surface area contributed by atoms with E-state index in [4.69, 9.17) is 0 Å². The third-order valence-electron chi connectivity index (χ3n) is 4.33. The number of amides is 1. The normalized spacial score (nSPS) is 15.0. The first-order valence-corrected chi connectivity index (χ1v) is 9.20. The predicted octanol–water partition coefficient (Wildman–Crippen LogP) is 4.91. The van der Waals surface area contributed by atoms with Gasteiger partial charge in [-0.1, -0.05) is 28.8 Å². The molecule has 0 unspecified atom stereocenters. The summed E-state index contributed by atoms with van der Waals surface area (Å²) in [5.41, 5.74) is 3.62. The van der Waals surface area contributed by atoms with Gasteiger partial charge in [-0.2, -0.15) is 0 Å². The molecular weight excluding hydrogens is 366 g/mol. The molecule has 0 spiro atoms. The van der Waals surface area contributed by atoms with Gasteiger partial charge >= 0.3 is 0 Å². The minimum Gasteiger partial charge on any atom is -0.354 e. The number of halogens is 1. The summed E-state index contributed by atoms with van der Waals surface area (Å²) in [7, 11) is 0. The highest BCUT2D eigenvalue weighted by Crippen LogP contribution is 2.23. The molecule has 3 rings (SSSR count). The molecule has 4 nitrogen and oxygen atoms in total. The zero-order valence-electron chi connectivity index (χ0n) is 13.9. The molecule has 0 bridgehead atoms. The van der Waals surface area contributed by atoms with E-state index in [-0.39, 0.29) is 5.91 Å². The quantitative estimate of drug-likeness (QED) is 0.813. The Balaban J connectivity index is 1.75. The van der Waals surface area contributed by atoms with Crippen molar-refractivity contribution in [2.24, 2.45) is 0 Å². The summed E-state index contributed by atoms with van der Waals surface area (Å²) < 4.78 is 1.08. The van der Waals surface area contributed by atoms with Gasteiger partial charge in [-0.05, 0) is 49.6 Å². The lowest BCUT2D eigenvalue weighted by atomic mass is 10.2. The van der Waals surface area contributed by atoms with Gasteiger partial charge < -0.3 is 10.2 Å². The second-order valence-corrected chi connectivity index (χ2v) is 7.11. The summed E-state index contributed by atoms with van der Waals surface area (Å²) in [6.07, 6.45) is 8.02. The van der Waals surface area contributed by atoms with E-state index in [1.54, 1.807) is 12.4 Å². The van der Waals surface area contributed by atoms with Gasteiger partial charge in [-0.3, -0.25) is 9.78 Å². The van der Waals surface area contributed by atoms with Gasteiger partial charge in [0.1, 0.15) is 0 Å². The Morgan fingerprint density at radius 3 is 2.54 bits per heavy atom. The Kier molecular flexibility index (Phi) is 5.51. The van der Waals surface area contributed by atoms with Crippen molar-refractivity contribution in [3.05, 3.63) is 52.3 Å². The van der Waals surface area contributed by atoms with Crippen molar-refractivity contribution in [1.82, 2.24) is 9.88 Å². The number of aryl methyl sites for hydroxylation is 1. The summed E-state index contributed by atoms with van der Waals surface area (Å²) in [5, 5.41) is 3.33. The molecule has 2 heterocycles. The highest BCUT2D eigenvalue weighted by Gasteiger charge is 2.17. The molecule has 0 aliphatic carbocycles. The van der Waals surface area contributed by atoms with Crippen LogP contribution in [-0.2, 0) is 0 Å². The fourth-order valence-electron chi connectivity index (χ4n) is 2.97. The number of pyridine rings is 1. The molecule has 0 radical (unpaired) electrons. The van der Waals surface area contributed by atoms with E-state index in [9.17, 15) is 4.79 Å². The highest BCUT2D eigenvalue weighted by molar-refractivity contribution is 9.10. The van der Waals surface area contributed by atoms with Crippen molar-refractivity contribution >= 4 is 33.2 Å². The first kappa shape index (κ1) is 17.0. The number of hydrogen-bond donors (Lipinski definition) is 1. The van der Waals surface area contributed by atoms with Crippen molar-refractivity contribution in [2.75, 3.05) is 18.4 Å². The third kappa shape index (κ3) is 4.15. The van der Waals surface area contributed by atoms with Gasteiger partial charge in [-0.15, -0.1) is 0 Å². The Hall–Kier alpha value is -1.88. The van der Waals surface area contributed by atoms with Crippen LogP contribution in [0, 0.1) is 6.92 Å². The van der Waals surface area contributed by atoms with Crippen LogP contribution < -0.4 is 5.32 Å². The standard InChI is InChI=1S/C19H22BrN3O/c1-14-10-16(6-7-18(14)20)22-17-11-15(12-21-13-17)19(24)23-8-4-2-3-5-9-23/h6-7,10-13,22H,2-5,8-9H2,1H3. The molecule has 24 heavy (non-hydrogen) atoms. The van der Waals surface area contributed by atoms with Crippen LogP contribution >= 0.6 is 15.9 Å². The van der Waals surface area contributed by atoms with Gasteiger partial charge in [0.25, 0.3) is 5.91 Å². The Morgan fingerprint density at radius 2 is 1.83 bits per heavy atom. The number of carbonyl (C=O) groups is 1. The monoisotopic (exact) mass is 387 g/mol. The Bertz CT molecular complexity index is 724. The lowest BCUT2D eigenvalue weighted by Crippen LogP contribution is -2.31. The topological polar surface area (TPSA) is 45.2 Å². The van der Waals surface area contributed by atoms with Crippen LogP contribution in [0.4, 0.5) is 11.4 Å². The molecular formula is C19H22BrN3O. The van der Waals surface area contributed by atoms with Gasteiger partial charge in [-0.25, -0.2) is 0 Å². The van der Waals surface area contributed by atoms with E-state index in [1.165, 1.54) is 12.8 Å². The second-order valence-electron chi connectivity index (χ2n) is 6.26. The average molecular weight is 388 g/mol. The molecule has 1 aliphatic heterocycles. The fourth-order valence-corrected chi connectivity index (χ4v) is 3.22. The maximum Gasteiger partial charge on any atom is 0.255 e. The molecule has 1 fully saturated rings. The lowest BCUT2D eigenvalue weighted by Gasteiger charge is -2.20. The summed E-state index contributed by atoms with van der Waals surface area (Å²) >= 11 is 3.51. The maximum atomic E-state index is 12.7. The number of carbonyl (C=O) groups excluding carboxylic acids is 1.